The molecule has 7 heteroatoms. The summed E-state index contributed by atoms with van der Waals surface area (Å²) in [4.78, 5) is 21.1. The van der Waals surface area contributed by atoms with Crippen molar-refractivity contribution in [3.8, 4) is 16.5 Å². The van der Waals surface area contributed by atoms with Crippen molar-refractivity contribution in [2.45, 2.75) is 25.3 Å². The number of rotatable bonds is 3. The molecule has 2 N–H and O–H groups in total. The zero-order valence-corrected chi connectivity index (χ0v) is 16.6. The second-order valence-corrected chi connectivity index (χ2v) is 8.79. The normalized spacial score (nSPS) is 25.3. The van der Waals surface area contributed by atoms with Crippen LogP contribution in [0.15, 0.2) is 35.3 Å². The van der Waals surface area contributed by atoms with Crippen molar-refractivity contribution in [3.63, 3.8) is 0 Å². The Labute approximate surface area is 167 Å². The molecule has 0 saturated heterocycles. The summed E-state index contributed by atoms with van der Waals surface area (Å²) < 4.78 is 0. The van der Waals surface area contributed by atoms with Crippen LogP contribution < -0.4 is 5.73 Å². The van der Waals surface area contributed by atoms with Gasteiger partial charge in [0.25, 0.3) is 0 Å². The van der Waals surface area contributed by atoms with Crippen LogP contribution in [0, 0.1) is 23.2 Å². The van der Waals surface area contributed by atoms with Gasteiger partial charge in [-0.1, -0.05) is 11.6 Å². The topological polar surface area (TPSA) is 82.5 Å². The van der Waals surface area contributed by atoms with Crippen molar-refractivity contribution in [2.75, 3.05) is 7.05 Å². The molecule has 1 aromatic heterocycles. The summed E-state index contributed by atoms with van der Waals surface area (Å²) in [7, 11) is 1.68. The number of hydrogen-bond donors (Lipinski definition) is 1. The molecule has 0 radical (unpaired) electrons. The van der Waals surface area contributed by atoms with Crippen molar-refractivity contribution in [3.05, 3.63) is 45.8 Å². The smallest absolute Gasteiger partial charge is 0.235 e. The summed E-state index contributed by atoms with van der Waals surface area (Å²) in [5.74, 6) is 0.422. The third-order valence-electron chi connectivity index (χ3n) is 5.45. The van der Waals surface area contributed by atoms with Gasteiger partial charge in [-0.3, -0.25) is 9.69 Å². The Kier molecular flexibility index (Phi) is 4.25. The Hall–Kier alpha value is -2.36. The van der Waals surface area contributed by atoms with Crippen LogP contribution in [0.1, 0.15) is 30.2 Å². The molecular formula is C20H19ClN4OS. The number of nitriles is 1. The van der Waals surface area contributed by atoms with Gasteiger partial charge in [0.05, 0.1) is 17.6 Å². The predicted molar refractivity (Wildman–Crippen MR) is 107 cm³/mol. The Balaban J connectivity index is 1.80. The Morgan fingerprint density at radius 2 is 2.11 bits per heavy atom. The maximum absolute atomic E-state index is 12.9. The molecule has 5 nitrogen and oxygen atoms in total. The van der Waals surface area contributed by atoms with Crippen molar-refractivity contribution < 1.29 is 4.79 Å². The van der Waals surface area contributed by atoms with E-state index in [0.29, 0.717) is 16.5 Å². The number of halogens is 1. The van der Waals surface area contributed by atoms with E-state index in [1.807, 2.05) is 19.1 Å². The van der Waals surface area contributed by atoms with Crippen molar-refractivity contribution in [1.82, 2.24) is 4.90 Å². The highest BCUT2D eigenvalue weighted by molar-refractivity contribution is 7.15. The lowest BCUT2D eigenvalue weighted by Gasteiger charge is -2.40. The summed E-state index contributed by atoms with van der Waals surface area (Å²) in [5, 5.41) is 9.76. The minimum absolute atomic E-state index is 0.0342. The summed E-state index contributed by atoms with van der Waals surface area (Å²) >= 11 is 7.91. The molecule has 0 bridgehead atoms. The monoisotopic (exact) mass is 398 g/mol. The lowest BCUT2D eigenvalue weighted by atomic mass is 9.79. The highest BCUT2D eigenvalue weighted by Crippen LogP contribution is 2.52. The van der Waals surface area contributed by atoms with E-state index >= 15 is 0 Å². The van der Waals surface area contributed by atoms with E-state index in [9.17, 15) is 10.1 Å². The van der Waals surface area contributed by atoms with Crippen molar-refractivity contribution in [2.24, 2.45) is 22.6 Å². The van der Waals surface area contributed by atoms with Gasteiger partial charge in [0, 0.05) is 27.4 Å². The molecule has 2 atom stereocenters. The first-order valence-electron chi connectivity index (χ1n) is 8.78. The van der Waals surface area contributed by atoms with Gasteiger partial charge < -0.3 is 5.73 Å². The first kappa shape index (κ1) is 18.0. The third kappa shape index (κ3) is 2.91. The molecule has 1 saturated carbocycles. The number of benzene rings is 1. The third-order valence-corrected chi connectivity index (χ3v) is 7.13. The molecule has 1 amide bonds. The average Bonchev–Trinajstić information content (AvgIpc) is 3.34. The van der Waals surface area contributed by atoms with Gasteiger partial charge in [0.1, 0.15) is 5.54 Å². The molecule has 2 heterocycles. The largest absolute Gasteiger partial charge is 0.369 e. The lowest BCUT2D eigenvalue weighted by molar-refractivity contribution is -0.134. The fourth-order valence-electron chi connectivity index (χ4n) is 3.78. The van der Waals surface area contributed by atoms with Gasteiger partial charge in [0.15, 0.2) is 5.96 Å². The first-order valence-corrected chi connectivity index (χ1v) is 9.98. The number of carbonyl (C=O) groups is 1. The molecule has 138 valence electrons. The predicted octanol–water partition coefficient (Wildman–Crippen LogP) is 3.97. The standard InChI is InChI=1S/C20H19ClN4OS/c1-20(17(12-4-5-12)18(26)25(2)19(23)24-20)16-8-7-15(27-16)13-9-11(10-22)3-6-14(13)21/h3,6-9,12,17H,4-5H2,1-2H3,(H2,23,24)/t17-,20-/m1/s1. The Morgan fingerprint density at radius 3 is 2.78 bits per heavy atom. The summed E-state index contributed by atoms with van der Waals surface area (Å²) in [6.45, 7) is 2.00. The van der Waals surface area contributed by atoms with Gasteiger partial charge in [-0.05, 0) is 56.0 Å². The van der Waals surface area contributed by atoms with Crippen molar-refractivity contribution in [1.29, 1.82) is 5.26 Å². The number of guanidine groups is 1. The zero-order chi connectivity index (χ0) is 19.3. The van der Waals surface area contributed by atoms with E-state index < -0.39 is 5.54 Å². The van der Waals surface area contributed by atoms with E-state index in [1.165, 1.54) is 4.90 Å². The molecular weight excluding hydrogens is 380 g/mol. The second kappa shape index (κ2) is 6.36. The van der Waals surface area contributed by atoms with Crippen LogP contribution in [0.2, 0.25) is 5.02 Å². The number of nitrogens with zero attached hydrogens (tertiary/aromatic N) is 3. The zero-order valence-electron chi connectivity index (χ0n) is 15.1. The maximum Gasteiger partial charge on any atom is 0.235 e. The fourth-order valence-corrected chi connectivity index (χ4v) is 5.22. The van der Waals surface area contributed by atoms with Crippen LogP contribution in [-0.2, 0) is 10.3 Å². The Bertz CT molecular complexity index is 1000. The van der Waals surface area contributed by atoms with Gasteiger partial charge >= 0.3 is 0 Å². The van der Waals surface area contributed by atoms with E-state index in [4.69, 9.17) is 22.3 Å². The van der Waals surface area contributed by atoms with E-state index in [1.54, 1.807) is 36.6 Å². The van der Waals surface area contributed by atoms with Crippen LogP contribution in [0.5, 0.6) is 0 Å². The van der Waals surface area contributed by atoms with Gasteiger partial charge in [-0.25, -0.2) is 4.99 Å². The summed E-state index contributed by atoms with van der Waals surface area (Å²) in [6, 6.07) is 11.3. The number of aliphatic imine (C=N–C) groups is 1. The maximum atomic E-state index is 12.9. The molecule has 27 heavy (non-hydrogen) atoms. The first-order chi connectivity index (χ1) is 12.8. The molecule has 1 aliphatic carbocycles. The number of carbonyl (C=O) groups excluding carboxylic acids is 1. The SMILES string of the molecule is CN1C(=O)[C@@H](C2CC2)[C@@](C)(c2ccc(-c3cc(C#N)ccc3Cl)s2)N=C1N. The molecule has 1 fully saturated rings. The molecule has 2 aliphatic rings. The van der Waals surface area contributed by atoms with Crippen LogP contribution in [0.4, 0.5) is 0 Å². The molecule has 4 rings (SSSR count). The van der Waals surface area contributed by atoms with Gasteiger partial charge in [-0.15, -0.1) is 11.3 Å². The number of amides is 1. The summed E-state index contributed by atoms with van der Waals surface area (Å²) in [5.41, 5.74) is 6.74. The molecule has 1 aliphatic heterocycles. The minimum Gasteiger partial charge on any atom is -0.369 e. The quantitative estimate of drug-likeness (QED) is 0.849. The lowest BCUT2D eigenvalue weighted by Crippen LogP contribution is -2.54. The molecule has 2 aromatic rings. The average molecular weight is 399 g/mol. The number of hydrogen-bond acceptors (Lipinski definition) is 5. The van der Waals surface area contributed by atoms with E-state index in [2.05, 4.69) is 6.07 Å². The Morgan fingerprint density at radius 1 is 1.37 bits per heavy atom. The highest BCUT2D eigenvalue weighted by Gasteiger charge is 2.53. The molecule has 1 aromatic carbocycles. The number of thiophene rings is 1. The van der Waals surface area contributed by atoms with Crippen LogP contribution >= 0.6 is 22.9 Å². The number of nitrogens with two attached hydrogens (primary N) is 1. The van der Waals surface area contributed by atoms with Crippen LogP contribution in [0.3, 0.4) is 0 Å². The van der Waals surface area contributed by atoms with Gasteiger partial charge in [-0.2, -0.15) is 5.26 Å². The van der Waals surface area contributed by atoms with E-state index in [0.717, 1.165) is 28.2 Å². The van der Waals surface area contributed by atoms with Gasteiger partial charge in [0.2, 0.25) is 5.91 Å². The molecule has 0 spiro atoms. The highest BCUT2D eigenvalue weighted by atomic mass is 35.5. The van der Waals surface area contributed by atoms with E-state index in [-0.39, 0.29) is 17.8 Å². The van der Waals surface area contributed by atoms with Crippen molar-refractivity contribution >= 4 is 34.8 Å². The van der Waals surface area contributed by atoms with Crippen LogP contribution in [0.25, 0.3) is 10.4 Å². The second-order valence-electron chi connectivity index (χ2n) is 7.30. The summed E-state index contributed by atoms with van der Waals surface area (Å²) in [6.07, 6.45) is 2.09. The van der Waals surface area contributed by atoms with Crippen LogP contribution in [-0.4, -0.2) is 23.8 Å². The minimum atomic E-state index is -0.683. The fraction of sp³-hybridized carbons (Fsp3) is 0.350. The molecule has 0 unspecified atom stereocenters.